The largest absolute Gasteiger partial charge is 0.368 e. The van der Waals surface area contributed by atoms with Crippen LogP contribution in [-0.4, -0.2) is 18.5 Å². The molecule has 2 rings (SSSR count). The molecule has 1 aliphatic heterocycles. The topological polar surface area (TPSA) is 72.4 Å². The summed E-state index contributed by atoms with van der Waals surface area (Å²) in [7, 11) is 0. The number of para-hydroxylation sites is 1. The molecule has 0 saturated heterocycles. The third-order valence-electron chi connectivity index (χ3n) is 3.65. The Morgan fingerprint density at radius 3 is 2.89 bits per heavy atom. The van der Waals surface area contributed by atoms with Crippen molar-refractivity contribution in [2.75, 3.05) is 11.4 Å². The van der Waals surface area contributed by atoms with Gasteiger partial charge in [-0.3, -0.25) is 4.79 Å². The molecule has 1 aromatic rings. The molecule has 0 aromatic heterocycles. The van der Waals surface area contributed by atoms with Gasteiger partial charge in [-0.05, 0) is 30.9 Å². The Morgan fingerprint density at radius 2 is 2.22 bits per heavy atom. The number of anilines is 1. The van der Waals surface area contributed by atoms with Crippen LogP contribution in [0, 0.1) is 0 Å². The molecule has 4 N–H and O–H groups in total. The predicted molar refractivity (Wildman–Crippen MR) is 73.2 cm³/mol. The molecule has 1 amide bonds. The zero-order valence-electron chi connectivity index (χ0n) is 10.8. The van der Waals surface area contributed by atoms with Gasteiger partial charge in [0.05, 0.1) is 0 Å². The number of nitrogens with two attached hydrogens (primary N) is 2. The summed E-state index contributed by atoms with van der Waals surface area (Å²) in [5.74, 6) is -0.261. The van der Waals surface area contributed by atoms with Gasteiger partial charge in [-0.2, -0.15) is 0 Å². The van der Waals surface area contributed by atoms with Crippen molar-refractivity contribution in [3.05, 3.63) is 29.8 Å². The van der Waals surface area contributed by atoms with Gasteiger partial charge in [-0.1, -0.05) is 25.1 Å². The van der Waals surface area contributed by atoms with E-state index in [2.05, 4.69) is 4.90 Å². The van der Waals surface area contributed by atoms with E-state index in [1.54, 1.807) is 0 Å². The van der Waals surface area contributed by atoms with Crippen LogP contribution in [0.5, 0.6) is 0 Å². The van der Waals surface area contributed by atoms with Gasteiger partial charge in [-0.25, -0.2) is 0 Å². The molecule has 2 atom stereocenters. The van der Waals surface area contributed by atoms with E-state index in [1.807, 2.05) is 31.2 Å². The lowest BCUT2D eigenvalue weighted by atomic mass is 10.0. The summed E-state index contributed by atoms with van der Waals surface area (Å²) in [4.78, 5) is 13.7. The fraction of sp³-hybridized carbons (Fsp3) is 0.500. The van der Waals surface area contributed by atoms with Crippen LogP contribution in [0.2, 0.25) is 0 Å². The smallest absolute Gasteiger partial charge is 0.240 e. The predicted octanol–water partition coefficient (Wildman–Crippen LogP) is 1.55. The van der Waals surface area contributed by atoms with Crippen LogP contribution in [0.1, 0.15) is 37.8 Å². The number of carbonyl (C=O) groups excluding carboxylic acids is 1. The second-order valence-electron chi connectivity index (χ2n) is 4.83. The molecule has 0 bridgehead atoms. The molecule has 1 aromatic carbocycles. The quantitative estimate of drug-likeness (QED) is 0.851. The van der Waals surface area contributed by atoms with E-state index in [-0.39, 0.29) is 18.0 Å². The molecule has 2 unspecified atom stereocenters. The van der Waals surface area contributed by atoms with Crippen molar-refractivity contribution in [1.29, 1.82) is 0 Å². The molecular formula is C14H21N3O. The van der Waals surface area contributed by atoms with E-state index >= 15 is 0 Å². The minimum atomic E-state index is -0.261. The first-order valence-corrected chi connectivity index (χ1v) is 6.55. The van der Waals surface area contributed by atoms with Crippen molar-refractivity contribution < 1.29 is 4.79 Å². The monoisotopic (exact) mass is 247 g/mol. The first kappa shape index (κ1) is 12.9. The zero-order valence-corrected chi connectivity index (χ0v) is 10.8. The van der Waals surface area contributed by atoms with Gasteiger partial charge in [0.15, 0.2) is 0 Å². The molecular weight excluding hydrogens is 226 g/mol. The maximum Gasteiger partial charge on any atom is 0.240 e. The Balaban J connectivity index is 2.42. The van der Waals surface area contributed by atoms with Crippen LogP contribution in [0.4, 0.5) is 5.69 Å². The number of hydrogen-bond donors (Lipinski definition) is 2. The standard InChI is InChI=1S/C14H21N3O/c1-2-12(14(16)18)17-9-5-7-11(15)10-6-3-4-8-13(10)17/h3-4,6,8,11-12H,2,5,7,9,15H2,1H3,(H2,16,18). The van der Waals surface area contributed by atoms with Crippen molar-refractivity contribution in [3.63, 3.8) is 0 Å². The van der Waals surface area contributed by atoms with Crippen molar-refractivity contribution >= 4 is 11.6 Å². The van der Waals surface area contributed by atoms with Crippen LogP contribution >= 0.6 is 0 Å². The molecule has 98 valence electrons. The minimum Gasteiger partial charge on any atom is -0.368 e. The Kier molecular flexibility index (Phi) is 3.87. The fourth-order valence-electron chi connectivity index (χ4n) is 2.72. The first-order valence-electron chi connectivity index (χ1n) is 6.55. The van der Waals surface area contributed by atoms with E-state index in [1.165, 1.54) is 0 Å². The van der Waals surface area contributed by atoms with Crippen LogP contribution in [0.15, 0.2) is 24.3 Å². The number of rotatable bonds is 3. The highest BCUT2D eigenvalue weighted by molar-refractivity contribution is 5.84. The van der Waals surface area contributed by atoms with Crippen LogP contribution < -0.4 is 16.4 Å². The number of amides is 1. The highest BCUT2D eigenvalue weighted by atomic mass is 16.1. The Hall–Kier alpha value is -1.55. The van der Waals surface area contributed by atoms with Gasteiger partial charge in [0.1, 0.15) is 6.04 Å². The zero-order chi connectivity index (χ0) is 13.1. The summed E-state index contributed by atoms with van der Waals surface area (Å²) in [5, 5.41) is 0. The first-order chi connectivity index (χ1) is 8.65. The van der Waals surface area contributed by atoms with Crippen LogP contribution in [-0.2, 0) is 4.79 Å². The third-order valence-corrected chi connectivity index (χ3v) is 3.65. The van der Waals surface area contributed by atoms with Gasteiger partial charge in [0, 0.05) is 18.3 Å². The summed E-state index contributed by atoms with van der Waals surface area (Å²) in [6.07, 6.45) is 2.65. The van der Waals surface area contributed by atoms with Crippen molar-refractivity contribution in [3.8, 4) is 0 Å². The molecule has 1 aliphatic rings. The Morgan fingerprint density at radius 1 is 1.50 bits per heavy atom. The van der Waals surface area contributed by atoms with Gasteiger partial charge in [0.2, 0.25) is 5.91 Å². The maximum atomic E-state index is 11.6. The second kappa shape index (κ2) is 5.40. The molecule has 18 heavy (non-hydrogen) atoms. The number of benzene rings is 1. The molecule has 0 aliphatic carbocycles. The lowest BCUT2D eigenvalue weighted by molar-refractivity contribution is -0.119. The maximum absolute atomic E-state index is 11.6. The highest BCUT2D eigenvalue weighted by Crippen LogP contribution is 2.32. The SMILES string of the molecule is CCC(C(N)=O)N1CCCC(N)c2ccccc21. The number of hydrogen-bond acceptors (Lipinski definition) is 3. The van der Waals surface area contributed by atoms with Gasteiger partial charge in [0.25, 0.3) is 0 Å². The molecule has 0 fully saturated rings. The molecule has 0 spiro atoms. The van der Waals surface area contributed by atoms with E-state index in [4.69, 9.17) is 11.5 Å². The van der Waals surface area contributed by atoms with E-state index in [0.717, 1.165) is 37.1 Å². The third kappa shape index (κ3) is 2.34. The normalized spacial score (nSPS) is 21.0. The van der Waals surface area contributed by atoms with Crippen LogP contribution in [0.3, 0.4) is 0 Å². The Labute approximate surface area is 108 Å². The summed E-state index contributed by atoms with van der Waals surface area (Å²) >= 11 is 0. The van der Waals surface area contributed by atoms with Gasteiger partial charge >= 0.3 is 0 Å². The number of fused-ring (bicyclic) bond motifs is 1. The lowest BCUT2D eigenvalue weighted by Crippen LogP contribution is -2.45. The van der Waals surface area contributed by atoms with E-state index in [0.29, 0.717) is 0 Å². The summed E-state index contributed by atoms with van der Waals surface area (Å²) in [6, 6.07) is 7.87. The van der Waals surface area contributed by atoms with Gasteiger partial charge in [-0.15, -0.1) is 0 Å². The molecule has 0 saturated carbocycles. The van der Waals surface area contributed by atoms with Crippen molar-refractivity contribution in [2.45, 2.75) is 38.3 Å². The highest BCUT2D eigenvalue weighted by Gasteiger charge is 2.27. The number of nitrogens with zero attached hydrogens (tertiary/aromatic N) is 1. The second-order valence-corrected chi connectivity index (χ2v) is 4.83. The van der Waals surface area contributed by atoms with Crippen molar-refractivity contribution in [1.82, 2.24) is 0 Å². The molecule has 1 heterocycles. The fourth-order valence-corrected chi connectivity index (χ4v) is 2.72. The summed E-state index contributed by atoms with van der Waals surface area (Å²) in [6.45, 7) is 2.83. The van der Waals surface area contributed by atoms with Crippen LogP contribution in [0.25, 0.3) is 0 Å². The number of carbonyl (C=O) groups is 1. The summed E-state index contributed by atoms with van der Waals surface area (Å²) in [5.41, 5.74) is 13.9. The van der Waals surface area contributed by atoms with E-state index in [9.17, 15) is 4.79 Å². The van der Waals surface area contributed by atoms with Crippen molar-refractivity contribution in [2.24, 2.45) is 11.5 Å². The summed E-state index contributed by atoms with van der Waals surface area (Å²) < 4.78 is 0. The molecule has 4 nitrogen and oxygen atoms in total. The van der Waals surface area contributed by atoms with Gasteiger partial charge < -0.3 is 16.4 Å². The number of primary amides is 1. The average molecular weight is 247 g/mol. The lowest BCUT2D eigenvalue weighted by Gasteiger charge is -2.31. The van der Waals surface area contributed by atoms with E-state index < -0.39 is 0 Å². The Bertz CT molecular complexity index is 433. The molecule has 4 heteroatoms. The molecule has 0 radical (unpaired) electrons. The average Bonchev–Trinajstić information content (AvgIpc) is 2.51. The minimum absolute atomic E-state index is 0.0524.